The van der Waals surface area contributed by atoms with Crippen LogP contribution in [0, 0.1) is 0 Å². The number of hydrogen-bond donors (Lipinski definition) is 0. The van der Waals surface area contributed by atoms with E-state index >= 15 is 0 Å². The quantitative estimate of drug-likeness (QED) is 0.669. The molecule has 0 spiro atoms. The lowest BCUT2D eigenvalue weighted by Gasteiger charge is -1.92. The summed E-state index contributed by atoms with van der Waals surface area (Å²) in [4.78, 5) is 0. The Kier molecular flexibility index (Phi) is 3.43. The summed E-state index contributed by atoms with van der Waals surface area (Å²) in [6, 6.07) is 5.89. The van der Waals surface area contributed by atoms with E-state index in [9.17, 15) is 0 Å². The molecule has 2 rings (SSSR count). The first-order chi connectivity index (χ1) is 6.42. The highest BCUT2D eigenvalue weighted by molar-refractivity contribution is 5.36. The van der Waals surface area contributed by atoms with Crippen molar-refractivity contribution < 1.29 is 0 Å². The standard InChI is InChI=1S/C8H9N3.C2H6/c1-2-7-9-10-8-5-3-4-6-11(7)8;1-2/h3-6H,2H2,1H3;1-2H3. The maximum Gasteiger partial charge on any atom is 0.160 e. The molecule has 0 amide bonds. The number of aromatic nitrogens is 3. The topological polar surface area (TPSA) is 30.2 Å². The minimum atomic E-state index is 0.921. The SMILES string of the molecule is CC.CCc1nnc2ccccn12. The van der Waals surface area contributed by atoms with Crippen LogP contribution in [0.5, 0.6) is 0 Å². The fraction of sp³-hybridized carbons (Fsp3) is 0.400. The number of rotatable bonds is 1. The Bertz CT molecular complexity index is 365. The molecule has 0 radical (unpaired) electrons. The van der Waals surface area contributed by atoms with E-state index in [2.05, 4.69) is 17.1 Å². The van der Waals surface area contributed by atoms with Crippen LogP contribution in [0.15, 0.2) is 24.4 Å². The summed E-state index contributed by atoms with van der Waals surface area (Å²) < 4.78 is 2.00. The smallest absolute Gasteiger partial charge is 0.160 e. The van der Waals surface area contributed by atoms with Crippen molar-refractivity contribution in [1.82, 2.24) is 14.6 Å². The van der Waals surface area contributed by atoms with Crippen LogP contribution in [-0.4, -0.2) is 14.6 Å². The molecule has 0 N–H and O–H groups in total. The predicted octanol–water partition coefficient (Wildman–Crippen LogP) is 2.32. The van der Waals surface area contributed by atoms with E-state index in [1.54, 1.807) is 0 Å². The van der Waals surface area contributed by atoms with E-state index in [1.165, 1.54) is 0 Å². The van der Waals surface area contributed by atoms with E-state index < -0.39 is 0 Å². The first-order valence-corrected chi connectivity index (χ1v) is 4.70. The molecule has 0 saturated carbocycles. The number of aryl methyl sites for hydroxylation is 1. The molecule has 2 aromatic heterocycles. The minimum Gasteiger partial charge on any atom is -0.286 e. The molecular formula is C10H15N3. The zero-order chi connectivity index (χ0) is 9.68. The first kappa shape index (κ1) is 9.71. The summed E-state index contributed by atoms with van der Waals surface area (Å²) in [6.07, 6.45) is 2.90. The highest BCUT2D eigenvalue weighted by atomic mass is 15.2. The Morgan fingerprint density at radius 3 is 2.69 bits per heavy atom. The molecule has 2 aromatic rings. The van der Waals surface area contributed by atoms with Gasteiger partial charge in [-0.25, -0.2) is 0 Å². The van der Waals surface area contributed by atoms with Crippen molar-refractivity contribution in [3.05, 3.63) is 30.2 Å². The summed E-state index contributed by atoms with van der Waals surface area (Å²) in [7, 11) is 0. The average molecular weight is 177 g/mol. The van der Waals surface area contributed by atoms with Gasteiger partial charge in [0.1, 0.15) is 5.82 Å². The molecule has 70 valence electrons. The Labute approximate surface area is 78.4 Å². The molecule has 13 heavy (non-hydrogen) atoms. The molecule has 0 aliphatic carbocycles. The van der Waals surface area contributed by atoms with Gasteiger partial charge in [0.2, 0.25) is 0 Å². The maximum absolute atomic E-state index is 4.03. The molecule has 0 fully saturated rings. The lowest BCUT2D eigenvalue weighted by molar-refractivity contribution is 0.909. The van der Waals surface area contributed by atoms with E-state index in [-0.39, 0.29) is 0 Å². The second kappa shape index (κ2) is 4.60. The van der Waals surface area contributed by atoms with Gasteiger partial charge >= 0.3 is 0 Å². The normalized spacial score (nSPS) is 9.46. The van der Waals surface area contributed by atoms with Crippen LogP contribution in [0.25, 0.3) is 5.65 Å². The highest BCUT2D eigenvalue weighted by Gasteiger charge is 1.99. The van der Waals surface area contributed by atoms with Gasteiger partial charge in [0, 0.05) is 12.6 Å². The predicted molar refractivity (Wildman–Crippen MR) is 53.7 cm³/mol. The Balaban J connectivity index is 0.000000396. The molecule has 0 bridgehead atoms. The first-order valence-electron chi connectivity index (χ1n) is 4.70. The molecule has 0 aromatic carbocycles. The number of fused-ring (bicyclic) bond motifs is 1. The van der Waals surface area contributed by atoms with Crippen molar-refractivity contribution >= 4 is 5.65 Å². The third-order valence-corrected chi connectivity index (χ3v) is 1.70. The Morgan fingerprint density at radius 2 is 2.00 bits per heavy atom. The van der Waals surface area contributed by atoms with Crippen molar-refractivity contribution in [3.8, 4) is 0 Å². The van der Waals surface area contributed by atoms with Crippen molar-refractivity contribution in [2.24, 2.45) is 0 Å². The fourth-order valence-electron chi connectivity index (χ4n) is 1.13. The summed E-state index contributed by atoms with van der Waals surface area (Å²) >= 11 is 0. The van der Waals surface area contributed by atoms with E-state index in [4.69, 9.17) is 0 Å². The Morgan fingerprint density at radius 1 is 1.23 bits per heavy atom. The summed E-state index contributed by atoms with van der Waals surface area (Å²) in [5.74, 6) is 1.01. The molecule has 0 atom stereocenters. The van der Waals surface area contributed by atoms with Crippen molar-refractivity contribution in [1.29, 1.82) is 0 Å². The van der Waals surface area contributed by atoms with Crippen LogP contribution in [0.2, 0.25) is 0 Å². The van der Waals surface area contributed by atoms with E-state index in [0.717, 1.165) is 17.9 Å². The molecule has 0 unspecified atom stereocenters. The number of hydrogen-bond acceptors (Lipinski definition) is 2. The molecule has 0 aliphatic rings. The van der Waals surface area contributed by atoms with Crippen LogP contribution in [-0.2, 0) is 6.42 Å². The van der Waals surface area contributed by atoms with Gasteiger partial charge in [-0.2, -0.15) is 0 Å². The van der Waals surface area contributed by atoms with E-state index in [1.807, 2.05) is 42.6 Å². The third-order valence-electron chi connectivity index (χ3n) is 1.70. The average Bonchev–Trinajstić information content (AvgIpc) is 2.64. The molecule has 0 aliphatic heterocycles. The van der Waals surface area contributed by atoms with Crippen LogP contribution >= 0.6 is 0 Å². The number of pyridine rings is 1. The summed E-state index contributed by atoms with van der Waals surface area (Å²) in [5, 5.41) is 8.03. The highest BCUT2D eigenvalue weighted by Crippen LogP contribution is 2.02. The van der Waals surface area contributed by atoms with Crippen molar-refractivity contribution in [2.45, 2.75) is 27.2 Å². The molecular weight excluding hydrogens is 162 g/mol. The zero-order valence-electron chi connectivity index (χ0n) is 8.36. The van der Waals surface area contributed by atoms with Crippen molar-refractivity contribution in [3.63, 3.8) is 0 Å². The van der Waals surface area contributed by atoms with Crippen LogP contribution in [0.3, 0.4) is 0 Å². The second-order valence-electron chi connectivity index (χ2n) is 2.40. The van der Waals surface area contributed by atoms with Crippen LogP contribution in [0.1, 0.15) is 26.6 Å². The Hall–Kier alpha value is -1.38. The summed E-state index contributed by atoms with van der Waals surface area (Å²) in [6.45, 7) is 6.07. The van der Waals surface area contributed by atoms with Gasteiger partial charge in [-0.3, -0.25) is 4.40 Å². The van der Waals surface area contributed by atoms with Gasteiger partial charge in [-0.1, -0.05) is 26.8 Å². The molecule has 3 heteroatoms. The van der Waals surface area contributed by atoms with Gasteiger partial charge in [0.05, 0.1) is 0 Å². The lowest BCUT2D eigenvalue weighted by Crippen LogP contribution is -1.90. The molecule has 2 heterocycles. The third kappa shape index (κ3) is 1.86. The van der Waals surface area contributed by atoms with Gasteiger partial charge in [0.15, 0.2) is 5.65 Å². The second-order valence-corrected chi connectivity index (χ2v) is 2.40. The van der Waals surface area contributed by atoms with E-state index in [0.29, 0.717) is 0 Å². The largest absolute Gasteiger partial charge is 0.286 e. The summed E-state index contributed by atoms with van der Waals surface area (Å²) in [5.41, 5.74) is 0.921. The van der Waals surface area contributed by atoms with Gasteiger partial charge < -0.3 is 0 Å². The maximum atomic E-state index is 4.03. The van der Waals surface area contributed by atoms with Crippen LogP contribution < -0.4 is 0 Å². The zero-order valence-corrected chi connectivity index (χ0v) is 8.36. The monoisotopic (exact) mass is 177 g/mol. The van der Waals surface area contributed by atoms with Gasteiger partial charge in [-0.05, 0) is 12.1 Å². The van der Waals surface area contributed by atoms with Gasteiger partial charge in [0.25, 0.3) is 0 Å². The lowest BCUT2D eigenvalue weighted by atomic mass is 10.4. The fourth-order valence-corrected chi connectivity index (χ4v) is 1.13. The van der Waals surface area contributed by atoms with Crippen LogP contribution in [0.4, 0.5) is 0 Å². The van der Waals surface area contributed by atoms with Crippen molar-refractivity contribution in [2.75, 3.05) is 0 Å². The molecule has 0 saturated heterocycles. The minimum absolute atomic E-state index is 0.921. The number of nitrogens with zero attached hydrogens (tertiary/aromatic N) is 3. The van der Waals surface area contributed by atoms with Gasteiger partial charge in [-0.15, -0.1) is 10.2 Å². The molecule has 3 nitrogen and oxygen atoms in total.